The van der Waals surface area contributed by atoms with Crippen molar-refractivity contribution in [2.75, 3.05) is 10.6 Å². The minimum Gasteiger partial charge on any atom is -0.321 e. The Morgan fingerprint density at radius 3 is 2.17 bits per heavy atom. The number of amides is 3. The smallest absolute Gasteiger partial charge is 0.272 e. The molecule has 238 valence electrons. The molecule has 1 aromatic heterocycles. The van der Waals surface area contributed by atoms with Gasteiger partial charge in [0.25, 0.3) is 11.8 Å². The van der Waals surface area contributed by atoms with Crippen molar-refractivity contribution in [2.24, 2.45) is 0 Å². The van der Waals surface area contributed by atoms with Crippen molar-refractivity contribution in [2.45, 2.75) is 10.1 Å². The summed E-state index contributed by atoms with van der Waals surface area (Å²) in [6.45, 7) is 0. The highest BCUT2D eigenvalue weighted by Crippen LogP contribution is 2.37. The van der Waals surface area contributed by atoms with Gasteiger partial charge in [-0.3, -0.25) is 14.4 Å². The van der Waals surface area contributed by atoms with Crippen molar-refractivity contribution in [3.05, 3.63) is 160 Å². The van der Waals surface area contributed by atoms with Gasteiger partial charge in [-0.25, -0.2) is 4.98 Å². The van der Waals surface area contributed by atoms with E-state index in [2.05, 4.69) is 20.9 Å². The maximum Gasteiger partial charge on any atom is 0.272 e. The number of halogens is 2. The van der Waals surface area contributed by atoms with Gasteiger partial charge in [-0.2, -0.15) is 0 Å². The number of hydrogen-bond donors (Lipinski definition) is 3. The monoisotopic (exact) mass is 708 g/mol. The Bertz CT molecular complexity index is 2090. The van der Waals surface area contributed by atoms with Crippen LogP contribution in [0, 0.1) is 0 Å². The first-order valence-corrected chi connectivity index (χ1v) is 17.1. The molecule has 3 amide bonds. The van der Waals surface area contributed by atoms with Crippen molar-refractivity contribution in [1.29, 1.82) is 0 Å². The second-order valence-corrected chi connectivity index (χ2v) is 13.5. The molecule has 1 unspecified atom stereocenters. The number of carbonyl (C=O) groups excluding carboxylic acids is 3. The molecule has 0 aliphatic carbocycles. The summed E-state index contributed by atoms with van der Waals surface area (Å²) >= 11 is 15.2. The van der Waals surface area contributed by atoms with Gasteiger partial charge in [-0.05, 0) is 77.9 Å². The molecule has 1 heterocycles. The minimum absolute atomic E-state index is 0.0119. The number of carbonyl (C=O) groups is 3. The van der Waals surface area contributed by atoms with Gasteiger partial charge in [0.2, 0.25) is 5.91 Å². The molecule has 3 N–H and O–H groups in total. The van der Waals surface area contributed by atoms with E-state index in [9.17, 15) is 14.4 Å². The molecule has 5 aromatic carbocycles. The van der Waals surface area contributed by atoms with Gasteiger partial charge in [-0.1, -0.05) is 101 Å². The van der Waals surface area contributed by atoms with E-state index >= 15 is 0 Å². The maximum absolute atomic E-state index is 13.6. The molecule has 0 fully saturated rings. The third kappa shape index (κ3) is 8.31. The number of nitrogens with zero attached hydrogens (tertiary/aromatic N) is 1. The lowest BCUT2D eigenvalue weighted by molar-refractivity contribution is -0.116. The fraction of sp³-hybridized carbons (Fsp3) is 0.0270. The third-order valence-electron chi connectivity index (χ3n) is 7.02. The molecule has 6 aromatic rings. The Kier molecular flexibility index (Phi) is 10.5. The number of nitrogens with one attached hydrogen (secondary N) is 3. The van der Waals surface area contributed by atoms with Gasteiger partial charge in [0, 0.05) is 26.2 Å². The SMILES string of the molecule is O=C(Nc1ccc(SC(C(=O)Nc2nc3ccccc3s2)c2ccccc2)cc1)/C(=C/c1ccc(Cl)cc1Cl)NC(=O)c1ccccc1. The summed E-state index contributed by atoms with van der Waals surface area (Å²) in [7, 11) is 0. The van der Waals surface area contributed by atoms with Crippen LogP contribution in [0.5, 0.6) is 0 Å². The number of benzene rings is 5. The molecular weight excluding hydrogens is 683 g/mol. The first-order chi connectivity index (χ1) is 23.3. The molecule has 0 bridgehead atoms. The van der Waals surface area contributed by atoms with E-state index in [-0.39, 0.29) is 11.6 Å². The van der Waals surface area contributed by atoms with Crippen LogP contribution >= 0.6 is 46.3 Å². The third-order valence-corrected chi connectivity index (χ3v) is 9.80. The van der Waals surface area contributed by atoms with Crippen molar-refractivity contribution in [1.82, 2.24) is 10.3 Å². The molecule has 0 saturated heterocycles. The molecule has 1 atom stereocenters. The predicted octanol–water partition coefficient (Wildman–Crippen LogP) is 9.48. The molecule has 0 saturated carbocycles. The molecule has 11 heteroatoms. The Morgan fingerprint density at radius 1 is 0.771 bits per heavy atom. The predicted molar refractivity (Wildman–Crippen MR) is 197 cm³/mol. The van der Waals surface area contributed by atoms with Crippen molar-refractivity contribution < 1.29 is 14.4 Å². The minimum atomic E-state index is -0.564. The zero-order chi connectivity index (χ0) is 33.5. The number of para-hydroxylation sites is 1. The Hall–Kier alpha value is -4.93. The fourth-order valence-corrected chi connectivity index (χ4v) is 7.02. The Labute approximate surface area is 295 Å². The summed E-state index contributed by atoms with van der Waals surface area (Å²) in [6, 6.07) is 37.8. The summed E-state index contributed by atoms with van der Waals surface area (Å²) in [5.41, 5.74) is 3.03. The highest BCUT2D eigenvalue weighted by Gasteiger charge is 2.24. The van der Waals surface area contributed by atoms with Gasteiger partial charge in [-0.15, -0.1) is 11.8 Å². The topological polar surface area (TPSA) is 100 Å². The number of anilines is 2. The molecule has 6 rings (SSSR count). The van der Waals surface area contributed by atoms with Gasteiger partial charge >= 0.3 is 0 Å². The number of thiazole rings is 1. The van der Waals surface area contributed by atoms with Crippen molar-refractivity contribution in [3.8, 4) is 0 Å². The van der Waals surface area contributed by atoms with E-state index in [1.807, 2.05) is 66.7 Å². The van der Waals surface area contributed by atoms with E-state index in [1.54, 1.807) is 60.7 Å². The molecule has 0 radical (unpaired) electrons. The lowest BCUT2D eigenvalue weighted by atomic mass is 10.1. The van der Waals surface area contributed by atoms with Crippen LogP contribution in [-0.4, -0.2) is 22.7 Å². The summed E-state index contributed by atoms with van der Waals surface area (Å²) in [5, 5.41) is 9.27. The molecule has 48 heavy (non-hydrogen) atoms. The van der Waals surface area contributed by atoms with E-state index in [0.717, 1.165) is 20.7 Å². The number of aromatic nitrogens is 1. The van der Waals surface area contributed by atoms with Gasteiger partial charge in [0.15, 0.2) is 5.13 Å². The standard InChI is InChI=1S/C37H26Cl2N4O3S2/c38-26-16-15-25(29(39)22-26)21-31(41-34(44)24-11-5-2-6-12-24)35(45)40-27-17-19-28(20-18-27)47-33(23-9-3-1-4-10-23)36(46)43-37-42-30-13-7-8-14-32(30)48-37/h1-22,33H,(H,40,45)(H,41,44)(H,42,43,46)/b31-21-. The summed E-state index contributed by atoms with van der Waals surface area (Å²) in [4.78, 5) is 45.5. The zero-order valence-electron chi connectivity index (χ0n) is 25.0. The Morgan fingerprint density at radius 2 is 1.46 bits per heavy atom. The highest BCUT2D eigenvalue weighted by molar-refractivity contribution is 8.00. The van der Waals surface area contributed by atoms with Gasteiger partial charge in [0.05, 0.1) is 10.2 Å². The van der Waals surface area contributed by atoms with E-state index in [1.165, 1.54) is 29.2 Å². The van der Waals surface area contributed by atoms with Gasteiger partial charge < -0.3 is 16.0 Å². The van der Waals surface area contributed by atoms with Crippen LogP contribution in [0.4, 0.5) is 10.8 Å². The van der Waals surface area contributed by atoms with E-state index in [4.69, 9.17) is 23.2 Å². The average molecular weight is 710 g/mol. The maximum atomic E-state index is 13.6. The van der Waals surface area contributed by atoms with Crippen LogP contribution in [0.2, 0.25) is 10.0 Å². The molecular formula is C37H26Cl2N4O3S2. The molecule has 0 aliphatic heterocycles. The largest absolute Gasteiger partial charge is 0.321 e. The lowest BCUT2D eigenvalue weighted by Crippen LogP contribution is -2.30. The fourth-order valence-electron chi connectivity index (χ4n) is 4.67. The van der Waals surface area contributed by atoms with Crippen LogP contribution in [0.3, 0.4) is 0 Å². The van der Waals surface area contributed by atoms with Crippen LogP contribution in [0.15, 0.2) is 138 Å². The Balaban J connectivity index is 1.19. The molecule has 0 aliphatic rings. The molecule has 7 nitrogen and oxygen atoms in total. The first-order valence-electron chi connectivity index (χ1n) is 14.6. The second kappa shape index (κ2) is 15.3. The number of hydrogen-bond acceptors (Lipinski definition) is 6. The number of rotatable bonds is 10. The van der Waals surface area contributed by atoms with Crippen molar-refractivity contribution >= 4 is 91.1 Å². The highest BCUT2D eigenvalue weighted by atomic mass is 35.5. The normalized spacial score (nSPS) is 11.9. The second-order valence-electron chi connectivity index (χ2n) is 10.4. The molecule has 0 spiro atoms. The van der Waals surface area contributed by atoms with E-state index < -0.39 is 17.1 Å². The summed E-state index contributed by atoms with van der Waals surface area (Å²) in [6.07, 6.45) is 1.49. The van der Waals surface area contributed by atoms with E-state index in [0.29, 0.717) is 32.0 Å². The first kappa shape index (κ1) is 33.0. The number of fused-ring (bicyclic) bond motifs is 1. The quantitative estimate of drug-likeness (QED) is 0.0972. The average Bonchev–Trinajstić information content (AvgIpc) is 3.51. The van der Waals surface area contributed by atoms with Crippen LogP contribution < -0.4 is 16.0 Å². The lowest BCUT2D eigenvalue weighted by Gasteiger charge is -2.17. The summed E-state index contributed by atoms with van der Waals surface area (Å²) in [5.74, 6) is -1.21. The zero-order valence-corrected chi connectivity index (χ0v) is 28.2. The summed E-state index contributed by atoms with van der Waals surface area (Å²) < 4.78 is 0.989. The van der Waals surface area contributed by atoms with Crippen LogP contribution in [0.1, 0.15) is 26.7 Å². The van der Waals surface area contributed by atoms with Crippen LogP contribution in [0.25, 0.3) is 16.3 Å². The van der Waals surface area contributed by atoms with Gasteiger partial charge in [0.1, 0.15) is 10.9 Å². The van der Waals surface area contributed by atoms with Crippen molar-refractivity contribution in [3.63, 3.8) is 0 Å². The van der Waals surface area contributed by atoms with Crippen LogP contribution in [-0.2, 0) is 9.59 Å². The number of thioether (sulfide) groups is 1.